The van der Waals surface area contributed by atoms with E-state index in [9.17, 15) is 4.79 Å². The van der Waals surface area contributed by atoms with E-state index in [1.807, 2.05) is 13.0 Å². The Bertz CT molecular complexity index is 451. The van der Waals surface area contributed by atoms with E-state index in [4.69, 9.17) is 16.0 Å². The smallest absolute Gasteiger partial charge is 0.221 e. The molecule has 0 saturated heterocycles. The molecule has 1 unspecified atom stereocenters. The first-order valence-corrected chi connectivity index (χ1v) is 6.89. The first kappa shape index (κ1) is 13.5. The number of furan rings is 1. The minimum Gasteiger partial charge on any atom is -0.466 e. The number of fused-ring (bicyclic) bond motifs is 1. The molecular formula is C14H20ClNO2. The molecule has 0 spiro atoms. The molecule has 1 aliphatic carbocycles. The average Bonchev–Trinajstić information content (AvgIpc) is 2.57. The van der Waals surface area contributed by atoms with Gasteiger partial charge in [-0.25, -0.2) is 0 Å². The van der Waals surface area contributed by atoms with Gasteiger partial charge >= 0.3 is 0 Å². The van der Waals surface area contributed by atoms with Crippen molar-refractivity contribution in [1.29, 1.82) is 0 Å². The molecule has 0 saturated carbocycles. The Morgan fingerprint density at radius 1 is 1.61 bits per heavy atom. The monoisotopic (exact) mass is 269 g/mol. The molecule has 1 N–H and O–H groups in total. The molecular weight excluding hydrogens is 250 g/mol. The fourth-order valence-electron chi connectivity index (χ4n) is 2.67. The molecule has 1 aromatic rings. The number of carbonyl (C=O) groups is 1. The number of carbonyl (C=O) groups excluding carboxylic acids is 1. The highest BCUT2D eigenvalue weighted by Crippen LogP contribution is 2.41. The molecule has 100 valence electrons. The molecule has 0 radical (unpaired) electrons. The Balaban J connectivity index is 2.21. The number of hydrogen-bond donors (Lipinski definition) is 1. The molecule has 4 heteroatoms. The summed E-state index contributed by atoms with van der Waals surface area (Å²) in [5.41, 5.74) is 1.28. The lowest BCUT2D eigenvalue weighted by molar-refractivity contribution is -0.121. The Morgan fingerprint density at radius 2 is 2.33 bits per heavy atom. The van der Waals surface area contributed by atoms with Crippen molar-refractivity contribution in [3.63, 3.8) is 0 Å². The lowest BCUT2D eigenvalue weighted by Crippen LogP contribution is -2.36. The minimum absolute atomic E-state index is 0.0116. The van der Waals surface area contributed by atoms with Gasteiger partial charge in [-0.05, 0) is 24.8 Å². The Kier molecular flexibility index (Phi) is 3.71. The van der Waals surface area contributed by atoms with Gasteiger partial charge in [-0.3, -0.25) is 4.79 Å². The van der Waals surface area contributed by atoms with Gasteiger partial charge in [-0.15, -0.1) is 11.6 Å². The number of alkyl halides is 1. The number of halogens is 1. The van der Waals surface area contributed by atoms with Crippen molar-refractivity contribution in [2.24, 2.45) is 5.41 Å². The van der Waals surface area contributed by atoms with E-state index in [2.05, 4.69) is 19.2 Å². The summed E-state index contributed by atoms with van der Waals surface area (Å²) >= 11 is 5.60. The highest BCUT2D eigenvalue weighted by atomic mass is 35.5. The summed E-state index contributed by atoms with van der Waals surface area (Å²) in [6.07, 6.45) is 2.23. The van der Waals surface area contributed by atoms with Crippen LogP contribution in [0.5, 0.6) is 0 Å². The van der Waals surface area contributed by atoms with Gasteiger partial charge in [0.05, 0.1) is 6.04 Å². The predicted molar refractivity (Wildman–Crippen MR) is 71.8 cm³/mol. The maximum atomic E-state index is 11.7. The molecule has 0 aromatic carbocycles. The SMILES string of the molecule is Cc1cc2c(o1)CC(C)(C)CC2NC(=O)CCCl. The van der Waals surface area contributed by atoms with E-state index in [1.54, 1.807) is 0 Å². The van der Waals surface area contributed by atoms with E-state index in [1.165, 1.54) is 0 Å². The van der Waals surface area contributed by atoms with Crippen molar-refractivity contribution in [1.82, 2.24) is 5.32 Å². The summed E-state index contributed by atoms with van der Waals surface area (Å²) in [6.45, 7) is 6.35. The lowest BCUT2D eigenvalue weighted by atomic mass is 9.74. The van der Waals surface area contributed by atoms with Crippen molar-refractivity contribution in [3.05, 3.63) is 23.2 Å². The van der Waals surface area contributed by atoms with Crippen LogP contribution < -0.4 is 5.32 Å². The molecule has 1 amide bonds. The first-order valence-electron chi connectivity index (χ1n) is 6.36. The molecule has 1 atom stereocenters. The van der Waals surface area contributed by atoms with Crippen LogP contribution in [0.2, 0.25) is 0 Å². The number of aryl methyl sites for hydroxylation is 1. The number of nitrogens with one attached hydrogen (secondary N) is 1. The fraction of sp³-hybridized carbons (Fsp3) is 0.643. The van der Waals surface area contributed by atoms with Crippen LogP contribution in [0.4, 0.5) is 0 Å². The van der Waals surface area contributed by atoms with Crippen LogP contribution in [0.25, 0.3) is 0 Å². The van der Waals surface area contributed by atoms with Crippen molar-refractivity contribution in [2.75, 3.05) is 5.88 Å². The zero-order valence-corrected chi connectivity index (χ0v) is 11.9. The van der Waals surface area contributed by atoms with Gasteiger partial charge in [0.1, 0.15) is 11.5 Å². The topological polar surface area (TPSA) is 42.2 Å². The third-order valence-corrected chi connectivity index (χ3v) is 3.58. The summed E-state index contributed by atoms with van der Waals surface area (Å²) in [5.74, 6) is 2.30. The van der Waals surface area contributed by atoms with Crippen LogP contribution in [0.3, 0.4) is 0 Å². The second-order valence-electron chi connectivity index (χ2n) is 5.84. The number of rotatable bonds is 3. The Labute approximate surface area is 113 Å². The van der Waals surface area contributed by atoms with Crippen molar-refractivity contribution in [3.8, 4) is 0 Å². The molecule has 18 heavy (non-hydrogen) atoms. The van der Waals surface area contributed by atoms with Crippen molar-refractivity contribution >= 4 is 17.5 Å². The van der Waals surface area contributed by atoms with E-state index in [0.717, 1.165) is 29.9 Å². The van der Waals surface area contributed by atoms with E-state index < -0.39 is 0 Å². The molecule has 2 rings (SSSR count). The van der Waals surface area contributed by atoms with Gasteiger partial charge in [0, 0.05) is 24.3 Å². The van der Waals surface area contributed by atoms with Gasteiger partial charge in [0.2, 0.25) is 5.91 Å². The molecule has 1 aliphatic rings. The minimum atomic E-state index is 0.0116. The summed E-state index contributed by atoms with van der Waals surface area (Å²) in [5, 5.41) is 3.06. The lowest BCUT2D eigenvalue weighted by Gasteiger charge is -2.34. The average molecular weight is 270 g/mol. The third-order valence-electron chi connectivity index (χ3n) is 3.39. The Morgan fingerprint density at radius 3 is 3.00 bits per heavy atom. The van der Waals surface area contributed by atoms with Gasteiger partial charge in [0.15, 0.2) is 0 Å². The zero-order chi connectivity index (χ0) is 13.3. The highest BCUT2D eigenvalue weighted by Gasteiger charge is 2.35. The molecule has 0 bridgehead atoms. The van der Waals surface area contributed by atoms with Crippen LogP contribution in [0.15, 0.2) is 10.5 Å². The van der Waals surface area contributed by atoms with Gasteiger partial charge in [-0.2, -0.15) is 0 Å². The van der Waals surface area contributed by atoms with Crippen molar-refractivity contribution < 1.29 is 9.21 Å². The Hall–Kier alpha value is -0.960. The van der Waals surface area contributed by atoms with Crippen LogP contribution in [-0.4, -0.2) is 11.8 Å². The molecule has 0 fully saturated rings. The summed E-state index contributed by atoms with van der Waals surface area (Å²) in [6, 6.07) is 2.09. The van der Waals surface area contributed by atoms with Crippen LogP contribution in [0, 0.1) is 12.3 Å². The zero-order valence-electron chi connectivity index (χ0n) is 11.2. The maximum Gasteiger partial charge on any atom is 0.221 e. The number of hydrogen-bond acceptors (Lipinski definition) is 2. The molecule has 0 aliphatic heterocycles. The number of amides is 1. The third kappa shape index (κ3) is 2.89. The van der Waals surface area contributed by atoms with Crippen LogP contribution in [-0.2, 0) is 11.2 Å². The normalized spacial score (nSPS) is 21.4. The van der Waals surface area contributed by atoms with Gasteiger partial charge in [0.25, 0.3) is 0 Å². The summed E-state index contributed by atoms with van der Waals surface area (Å²) in [7, 11) is 0. The van der Waals surface area contributed by atoms with E-state index in [0.29, 0.717) is 12.3 Å². The summed E-state index contributed by atoms with van der Waals surface area (Å²) in [4.78, 5) is 11.7. The fourth-order valence-corrected chi connectivity index (χ4v) is 2.84. The quantitative estimate of drug-likeness (QED) is 0.855. The standard InChI is InChI=1S/C14H20ClNO2/c1-9-6-10-11(16-13(17)4-5-15)7-14(2,3)8-12(10)18-9/h6,11H,4-5,7-8H2,1-3H3,(H,16,17). The maximum absolute atomic E-state index is 11.7. The highest BCUT2D eigenvalue weighted by molar-refractivity contribution is 6.18. The molecule has 1 aromatic heterocycles. The predicted octanol–water partition coefficient (Wildman–Crippen LogP) is 3.35. The summed E-state index contributed by atoms with van der Waals surface area (Å²) < 4.78 is 5.74. The molecule has 3 nitrogen and oxygen atoms in total. The second kappa shape index (κ2) is 4.96. The van der Waals surface area contributed by atoms with Crippen LogP contribution in [0.1, 0.15) is 49.8 Å². The largest absolute Gasteiger partial charge is 0.466 e. The van der Waals surface area contributed by atoms with Crippen molar-refractivity contribution in [2.45, 2.75) is 46.1 Å². The molecule has 1 heterocycles. The second-order valence-corrected chi connectivity index (χ2v) is 6.22. The van der Waals surface area contributed by atoms with Gasteiger partial charge < -0.3 is 9.73 Å². The van der Waals surface area contributed by atoms with E-state index in [-0.39, 0.29) is 17.4 Å². The van der Waals surface area contributed by atoms with Crippen LogP contribution >= 0.6 is 11.6 Å². The van der Waals surface area contributed by atoms with E-state index >= 15 is 0 Å². The first-order chi connectivity index (χ1) is 8.41. The van der Waals surface area contributed by atoms with Gasteiger partial charge in [-0.1, -0.05) is 13.8 Å².